The predicted octanol–water partition coefficient (Wildman–Crippen LogP) is 1.93. The van der Waals surface area contributed by atoms with Gasteiger partial charge in [-0.15, -0.1) is 0 Å². The van der Waals surface area contributed by atoms with E-state index < -0.39 is 5.97 Å². The second kappa shape index (κ2) is 3.71. The zero-order chi connectivity index (χ0) is 8.10. The molecule has 0 atom stereocenters. The standard InChI is InChI=1S/C8H6FO2/c9-6-11-8(10)7-4-2-1-3-5-7/h1-6H. The van der Waals surface area contributed by atoms with Crippen LogP contribution in [0.2, 0.25) is 0 Å². The van der Waals surface area contributed by atoms with Crippen molar-refractivity contribution >= 4 is 5.97 Å². The van der Waals surface area contributed by atoms with Crippen molar-refractivity contribution < 1.29 is 13.9 Å². The number of benzene rings is 1. The fourth-order valence-electron chi connectivity index (χ4n) is 0.683. The molecule has 2 nitrogen and oxygen atoms in total. The monoisotopic (exact) mass is 153 g/mol. The van der Waals surface area contributed by atoms with Crippen LogP contribution in [0.4, 0.5) is 4.39 Å². The highest BCUT2D eigenvalue weighted by molar-refractivity contribution is 5.89. The van der Waals surface area contributed by atoms with Crippen LogP contribution in [-0.4, -0.2) is 5.97 Å². The molecule has 0 aliphatic heterocycles. The summed E-state index contributed by atoms with van der Waals surface area (Å²) in [4.78, 5) is 10.8. The summed E-state index contributed by atoms with van der Waals surface area (Å²) in [6.45, 7) is -0.130. The summed E-state index contributed by atoms with van der Waals surface area (Å²) in [6, 6.07) is 8.21. The van der Waals surface area contributed by atoms with Gasteiger partial charge in [-0.05, 0) is 12.1 Å². The van der Waals surface area contributed by atoms with Crippen molar-refractivity contribution in [1.29, 1.82) is 0 Å². The number of esters is 1. The number of carbonyl (C=O) groups excluding carboxylic acids is 1. The lowest BCUT2D eigenvalue weighted by Crippen LogP contribution is -2.00. The molecule has 0 aromatic heterocycles. The predicted molar refractivity (Wildman–Crippen MR) is 37.3 cm³/mol. The zero-order valence-corrected chi connectivity index (χ0v) is 5.66. The Labute approximate surface area is 63.6 Å². The molecule has 0 heterocycles. The molecule has 0 aliphatic carbocycles. The molecule has 1 radical (unpaired) electrons. The molecule has 0 N–H and O–H groups in total. The third-order valence-corrected chi connectivity index (χ3v) is 1.16. The summed E-state index contributed by atoms with van der Waals surface area (Å²) < 4.78 is 15.4. The number of hydrogen-bond acceptors (Lipinski definition) is 2. The van der Waals surface area contributed by atoms with E-state index in [1.54, 1.807) is 30.3 Å². The molecule has 0 unspecified atom stereocenters. The normalized spacial score (nSPS) is 9.18. The second-order valence-corrected chi connectivity index (χ2v) is 1.86. The highest BCUT2D eigenvalue weighted by atomic mass is 19.1. The van der Waals surface area contributed by atoms with Gasteiger partial charge >= 0.3 is 12.8 Å². The molecule has 0 aliphatic rings. The van der Waals surface area contributed by atoms with Crippen LogP contribution in [0.25, 0.3) is 0 Å². The van der Waals surface area contributed by atoms with Crippen molar-refractivity contribution in [3.8, 4) is 0 Å². The van der Waals surface area contributed by atoms with E-state index in [0.29, 0.717) is 5.56 Å². The van der Waals surface area contributed by atoms with Crippen molar-refractivity contribution in [2.75, 3.05) is 0 Å². The van der Waals surface area contributed by atoms with Gasteiger partial charge in [0.25, 0.3) is 0 Å². The van der Waals surface area contributed by atoms with Gasteiger partial charge in [-0.25, -0.2) is 4.79 Å². The van der Waals surface area contributed by atoms with Gasteiger partial charge in [0.1, 0.15) is 0 Å². The average molecular weight is 153 g/mol. The Hall–Kier alpha value is -1.38. The molecule has 0 spiro atoms. The number of carbonyl (C=O) groups is 1. The number of hydrogen-bond donors (Lipinski definition) is 0. The summed E-state index contributed by atoms with van der Waals surface area (Å²) in [5, 5.41) is 0. The minimum Gasteiger partial charge on any atom is -0.420 e. The summed E-state index contributed by atoms with van der Waals surface area (Å²) in [7, 11) is 0. The van der Waals surface area contributed by atoms with E-state index in [9.17, 15) is 9.18 Å². The number of rotatable bonds is 2. The lowest BCUT2D eigenvalue weighted by molar-refractivity contribution is 0.0516. The van der Waals surface area contributed by atoms with Gasteiger partial charge in [-0.1, -0.05) is 18.2 Å². The molecule has 0 saturated carbocycles. The molecular formula is C8H6FO2. The third kappa shape index (κ3) is 2.04. The first kappa shape index (κ1) is 7.72. The quantitative estimate of drug-likeness (QED) is 0.607. The summed E-state index contributed by atoms with van der Waals surface area (Å²) in [5.41, 5.74) is 0.335. The van der Waals surface area contributed by atoms with E-state index in [4.69, 9.17) is 0 Å². The largest absolute Gasteiger partial charge is 0.420 e. The Morgan fingerprint density at radius 3 is 2.55 bits per heavy atom. The van der Waals surface area contributed by atoms with Crippen LogP contribution in [0, 0.1) is 6.86 Å². The molecule has 0 bridgehead atoms. The number of ether oxygens (including phenoxy) is 1. The van der Waals surface area contributed by atoms with Crippen molar-refractivity contribution in [1.82, 2.24) is 0 Å². The molecule has 1 aromatic rings. The van der Waals surface area contributed by atoms with Crippen LogP contribution in [0.3, 0.4) is 0 Å². The maximum absolute atomic E-state index is 11.4. The van der Waals surface area contributed by atoms with E-state index in [0.717, 1.165) is 0 Å². The van der Waals surface area contributed by atoms with Crippen molar-refractivity contribution in [3.05, 3.63) is 42.8 Å². The molecule has 0 saturated heterocycles. The topological polar surface area (TPSA) is 26.3 Å². The van der Waals surface area contributed by atoms with Gasteiger partial charge in [0, 0.05) is 0 Å². The average Bonchev–Trinajstić information content (AvgIpc) is 2.07. The Bertz CT molecular complexity index is 233. The Morgan fingerprint density at radius 2 is 2.00 bits per heavy atom. The Kier molecular flexibility index (Phi) is 2.60. The third-order valence-electron chi connectivity index (χ3n) is 1.16. The van der Waals surface area contributed by atoms with E-state index in [-0.39, 0.29) is 6.86 Å². The summed E-state index contributed by atoms with van der Waals surface area (Å²) in [6.07, 6.45) is 0. The van der Waals surface area contributed by atoms with Crippen molar-refractivity contribution in [3.63, 3.8) is 0 Å². The Balaban J connectivity index is 2.69. The second-order valence-electron chi connectivity index (χ2n) is 1.86. The lowest BCUT2D eigenvalue weighted by atomic mass is 10.2. The van der Waals surface area contributed by atoms with Crippen LogP contribution in [0.1, 0.15) is 10.4 Å². The maximum Gasteiger partial charge on any atom is 0.340 e. The molecule has 11 heavy (non-hydrogen) atoms. The fraction of sp³-hybridized carbons (Fsp3) is 0. The zero-order valence-electron chi connectivity index (χ0n) is 5.66. The Morgan fingerprint density at radius 1 is 1.36 bits per heavy atom. The maximum atomic E-state index is 11.4. The van der Waals surface area contributed by atoms with Gasteiger partial charge in [0.15, 0.2) is 0 Å². The van der Waals surface area contributed by atoms with Gasteiger partial charge in [-0.2, -0.15) is 4.39 Å². The van der Waals surface area contributed by atoms with Crippen molar-refractivity contribution in [2.45, 2.75) is 0 Å². The molecule has 0 fully saturated rings. The highest BCUT2D eigenvalue weighted by Crippen LogP contribution is 2.01. The summed E-state index contributed by atoms with van der Waals surface area (Å²) >= 11 is 0. The molecular weight excluding hydrogens is 147 g/mol. The fourth-order valence-corrected chi connectivity index (χ4v) is 0.683. The van der Waals surface area contributed by atoms with Gasteiger partial charge in [-0.3, -0.25) is 0 Å². The highest BCUT2D eigenvalue weighted by Gasteiger charge is 2.04. The molecule has 1 rings (SSSR count). The van der Waals surface area contributed by atoms with E-state index in [1.165, 1.54) is 0 Å². The van der Waals surface area contributed by atoms with Gasteiger partial charge < -0.3 is 4.74 Å². The number of halogens is 1. The molecule has 3 heteroatoms. The van der Waals surface area contributed by atoms with E-state index in [2.05, 4.69) is 4.74 Å². The SMILES string of the molecule is O=C(O[CH]F)c1ccccc1. The van der Waals surface area contributed by atoms with E-state index >= 15 is 0 Å². The first-order chi connectivity index (χ1) is 5.34. The van der Waals surface area contributed by atoms with Crippen LogP contribution in [-0.2, 0) is 4.74 Å². The smallest absolute Gasteiger partial charge is 0.340 e. The molecule has 1 aromatic carbocycles. The molecule has 0 amide bonds. The van der Waals surface area contributed by atoms with Crippen molar-refractivity contribution in [2.24, 2.45) is 0 Å². The minimum absolute atomic E-state index is 0.130. The van der Waals surface area contributed by atoms with E-state index in [1.807, 2.05) is 0 Å². The summed E-state index contributed by atoms with van der Waals surface area (Å²) in [5.74, 6) is -0.687. The van der Waals surface area contributed by atoms with Crippen LogP contribution < -0.4 is 0 Å². The van der Waals surface area contributed by atoms with Gasteiger partial charge in [0.05, 0.1) is 5.56 Å². The van der Waals surface area contributed by atoms with Crippen LogP contribution in [0.15, 0.2) is 30.3 Å². The minimum atomic E-state index is -0.687. The lowest BCUT2D eigenvalue weighted by Gasteiger charge is -1.96. The molecule has 57 valence electrons. The van der Waals surface area contributed by atoms with Crippen LogP contribution >= 0.6 is 0 Å². The van der Waals surface area contributed by atoms with Gasteiger partial charge in [0.2, 0.25) is 0 Å². The first-order valence-electron chi connectivity index (χ1n) is 3.02. The van der Waals surface area contributed by atoms with Crippen LogP contribution in [0.5, 0.6) is 0 Å². The first-order valence-corrected chi connectivity index (χ1v) is 3.02.